The summed E-state index contributed by atoms with van der Waals surface area (Å²) >= 11 is 0. The van der Waals surface area contributed by atoms with E-state index < -0.39 is 5.97 Å². The maximum atomic E-state index is 12.1. The Morgan fingerprint density at radius 3 is 2.45 bits per heavy atom. The van der Waals surface area contributed by atoms with Crippen LogP contribution in [0.1, 0.15) is 17.3 Å². The van der Waals surface area contributed by atoms with Gasteiger partial charge in [0, 0.05) is 26.2 Å². The number of rotatable bonds is 3. The lowest BCUT2D eigenvalue weighted by Gasteiger charge is -2.34. The smallest absolute Gasteiger partial charge is 0.337 e. The Labute approximate surface area is 118 Å². The van der Waals surface area contributed by atoms with E-state index in [-0.39, 0.29) is 11.6 Å². The Morgan fingerprint density at radius 2 is 1.85 bits per heavy atom. The number of urea groups is 1. The number of likely N-dealkylation sites (N-methyl/N-ethyl adjacent to an activating group) is 1. The number of nitrogens with zero attached hydrogens (tertiary/aromatic N) is 2. The maximum Gasteiger partial charge on any atom is 0.337 e. The molecule has 0 aliphatic carbocycles. The van der Waals surface area contributed by atoms with Gasteiger partial charge in [0.2, 0.25) is 0 Å². The van der Waals surface area contributed by atoms with Crippen molar-refractivity contribution in [1.82, 2.24) is 9.80 Å². The fraction of sp³-hybridized carbons (Fsp3) is 0.429. The van der Waals surface area contributed by atoms with Crippen LogP contribution in [-0.2, 0) is 0 Å². The molecule has 0 atom stereocenters. The SMILES string of the molecule is CCN1CCN(C(=O)Nc2ccccc2C(=O)O)CC1. The molecule has 6 nitrogen and oxygen atoms in total. The number of carboxylic acids is 1. The molecule has 0 radical (unpaired) electrons. The molecule has 2 amide bonds. The molecular formula is C14H19N3O3. The first-order chi connectivity index (χ1) is 9.61. The lowest BCUT2D eigenvalue weighted by molar-refractivity contribution is 0.0698. The van der Waals surface area contributed by atoms with Crippen molar-refractivity contribution in [1.29, 1.82) is 0 Å². The summed E-state index contributed by atoms with van der Waals surface area (Å²) in [6.45, 7) is 6.11. The second kappa shape index (κ2) is 6.38. The highest BCUT2D eigenvalue weighted by molar-refractivity contribution is 5.99. The number of anilines is 1. The zero-order valence-electron chi connectivity index (χ0n) is 11.5. The molecule has 1 aliphatic rings. The van der Waals surface area contributed by atoms with Crippen LogP contribution in [0.25, 0.3) is 0 Å². The van der Waals surface area contributed by atoms with Gasteiger partial charge in [-0.3, -0.25) is 0 Å². The summed E-state index contributed by atoms with van der Waals surface area (Å²) in [5.74, 6) is -1.04. The Hall–Kier alpha value is -2.08. The van der Waals surface area contributed by atoms with E-state index >= 15 is 0 Å². The molecule has 1 saturated heterocycles. The minimum Gasteiger partial charge on any atom is -0.478 e. The quantitative estimate of drug-likeness (QED) is 0.879. The number of piperazine rings is 1. The predicted molar refractivity (Wildman–Crippen MR) is 76.1 cm³/mol. The normalized spacial score (nSPS) is 15.9. The average molecular weight is 277 g/mol. The van der Waals surface area contributed by atoms with E-state index in [1.54, 1.807) is 23.1 Å². The number of amides is 2. The highest BCUT2D eigenvalue weighted by Crippen LogP contribution is 2.16. The van der Waals surface area contributed by atoms with E-state index in [0.29, 0.717) is 18.8 Å². The van der Waals surface area contributed by atoms with Gasteiger partial charge in [0.25, 0.3) is 0 Å². The first kappa shape index (κ1) is 14.3. The number of hydrogen-bond acceptors (Lipinski definition) is 3. The molecule has 108 valence electrons. The topological polar surface area (TPSA) is 72.9 Å². The molecule has 2 N–H and O–H groups in total. The number of carbonyl (C=O) groups excluding carboxylic acids is 1. The van der Waals surface area contributed by atoms with Crippen molar-refractivity contribution in [3.63, 3.8) is 0 Å². The number of hydrogen-bond donors (Lipinski definition) is 2. The van der Waals surface area contributed by atoms with Crippen LogP contribution in [0, 0.1) is 0 Å². The lowest BCUT2D eigenvalue weighted by Crippen LogP contribution is -2.49. The van der Waals surface area contributed by atoms with Crippen LogP contribution >= 0.6 is 0 Å². The molecule has 1 aromatic rings. The first-order valence-electron chi connectivity index (χ1n) is 6.72. The zero-order chi connectivity index (χ0) is 14.5. The summed E-state index contributed by atoms with van der Waals surface area (Å²) in [5.41, 5.74) is 0.441. The van der Waals surface area contributed by atoms with Crippen LogP contribution in [0.4, 0.5) is 10.5 Å². The summed E-state index contributed by atoms with van der Waals surface area (Å²) in [6, 6.07) is 6.18. The first-order valence-corrected chi connectivity index (χ1v) is 6.72. The van der Waals surface area contributed by atoms with Crippen molar-refractivity contribution in [2.45, 2.75) is 6.92 Å². The molecule has 0 saturated carbocycles. The minimum atomic E-state index is -1.04. The zero-order valence-corrected chi connectivity index (χ0v) is 11.5. The maximum absolute atomic E-state index is 12.1. The van der Waals surface area contributed by atoms with Gasteiger partial charge in [-0.25, -0.2) is 9.59 Å². The van der Waals surface area contributed by atoms with E-state index in [4.69, 9.17) is 5.11 Å². The molecule has 1 aliphatic heterocycles. The lowest BCUT2D eigenvalue weighted by atomic mass is 10.2. The van der Waals surface area contributed by atoms with E-state index in [1.807, 2.05) is 0 Å². The van der Waals surface area contributed by atoms with Crippen LogP contribution < -0.4 is 5.32 Å². The van der Waals surface area contributed by atoms with Gasteiger partial charge in [-0.1, -0.05) is 19.1 Å². The summed E-state index contributed by atoms with van der Waals surface area (Å²) in [4.78, 5) is 27.2. The van der Waals surface area contributed by atoms with Gasteiger partial charge in [0.1, 0.15) is 0 Å². The molecule has 6 heteroatoms. The van der Waals surface area contributed by atoms with Crippen molar-refractivity contribution >= 4 is 17.7 Å². The molecule has 1 heterocycles. The van der Waals surface area contributed by atoms with Crippen LogP contribution in [0.5, 0.6) is 0 Å². The number of benzene rings is 1. The van der Waals surface area contributed by atoms with Crippen molar-refractivity contribution in [2.24, 2.45) is 0 Å². The van der Waals surface area contributed by atoms with E-state index in [9.17, 15) is 9.59 Å². The molecule has 2 rings (SSSR count). The van der Waals surface area contributed by atoms with Crippen molar-refractivity contribution in [3.8, 4) is 0 Å². The molecule has 20 heavy (non-hydrogen) atoms. The summed E-state index contributed by atoms with van der Waals surface area (Å²) in [6.07, 6.45) is 0. The van der Waals surface area contributed by atoms with Crippen molar-refractivity contribution in [2.75, 3.05) is 38.0 Å². The Balaban J connectivity index is 2.00. The monoisotopic (exact) mass is 277 g/mol. The summed E-state index contributed by atoms with van der Waals surface area (Å²) in [7, 11) is 0. The molecule has 0 spiro atoms. The van der Waals surface area contributed by atoms with Gasteiger partial charge in [-0.2, -0.15) is 0 Å². The molecular weight excluding hydrogens is 258 g/mol. The van der Waals surface area contributed by atoms with Crippen LogP contribution in [0.3, 0.4) is 0 Å². The standard InChI is InChI=1S/C14H19N3O3/c1-2-16-7-9-17(10-8-16)14(20)15-12-6-4-3-5-11(12)13(18)19/h3-6H,2,7-10H2,1H3,(H,15,20)(H,18,19). The third-order valence-electron chi connectivity index (χ3n) is 3.51. The van der Waals surface area contributed by atoms with Crippen LogP contribution in [-0.4, -0.2) is 59.6 Å². The summed E-state index contributed by atoms with van der Waals surface area (Å²) < 4.78 is 0. The van der Waals surface area contributed by atoms with E-state index in [1.165, 1.54) is 6.07 Å². The number of aromatic carboxylic acids is 1. The summed E-state index contributed by atoms with van der Waals surface area (Å²) in [5, 5.41) is 11.8. The van der Waals surface area contributed by atoms with E-state index in [0.717, 1.165) is 19.6 Å². The highest BCUT2D eigenvalue weighted by atomic mass is 16.4. The fourth-order valence-electron chi connectivity index (χ4n) is 2.24. The van der Waals surface area contributed by atoms with Gasteiger partial charge in [-0.05, 0) is 18.7 Å². The molecule has 0 bridgehead atoms. The average Bonchev–Trinajstić information content (AvgIpc) is 2.47. The second-order valence-electron chi connectivity index (χ2n) is 4.70. The molecule has 0 unspecified atom stereocenters. The fourth-order valence-corrected chi connectivity index (χ4v) is 2.24. The number of nitrogens with one attached hydrogen (secondary N) is 1. The Bertz CT molecular complexity index is 496. The molecule has 0 aromatic heterocycles. The predicted octanol–water partition coefficient (Wildman–Crippen LogP) is 1.55. The van der Waals surface area contributed by atoms with Crippen molar-refractivity contribution in [3.05, 3.63) is 29.8 Å². The van der Waals surface area contributed by atoms with Crippen LogP contribution in [0.2, 0.25) is 0 Å². The number of carboxylic acid groups (broad SMARTS) is 1. The van der Waals surface area contributed by atoms with Gasteiger partial charge in [0.05, 0.1) is 11.3 Å². The third-order valence-corrected chi connectivity index (χ3v) is 3.51. The number of para-hydroxylation sites is 1. The largest absolute Gasteiger partial charge is 0.478 e. The van der Waals surface area contributed by atoms with Gasteiger partial charge >= 0.3 is 12.0 Å². The van der Waals surface area contributed by atoms with Crippen molar-refractivity contribution < 1.29 is 14.7 Å². The molecule has 1 fully saturated rings. The van der Waals surface area contributed by atoms with E-state index in [2.05, 4.69) is 17.1 Å². The number of carbonyl (C=O) groups is 2. The molecule has 1 aromatic carbocycles. The Kier molecular flexibility index (Phi) is 4.57. The van der Waals surface area contributed by atoms with Gasteiger partial charge in [0.15, 0.2) is 0 Å². The highest BCUT2D eigenvalue weighted by Gasteiger charge is 2.21. The van der Waals surface area contributed by atoms with Gasteiger partial charge in [-0.15, -0.1) is 0 Å². The third kappa shape index (κ3) is 3.27. The van der Waals surface area contributed by atoms with Gasteiger partial charge < -0.3 is 20.2 Å². The van der Waals surface area contributed by atoms with Crippen LogP contribution in [0.15, 0.2) is 24.3 Å². The Morgan fingerprint density at radius 1 is 1.20 bits per heavy atom. The second-order valence-corrected chi connectivity index (χ2v) is 4.70. The minimum absolute atomic E-state index is 0.105.